The Labute approximate surface area is 121 Å². The zero-order valence-corrected chi connectivity index (χ0v) is 12.2. The van der Waals surface area contributed by atoms with Crippen molar-refractivity contribution < 1.29 is 4.39 Å². The van der Waals surface area contributed by atoms with Crippen LogP contribution in [0.4, 0.5) is 10.1 Å². The first-order chi connectivity index (χ1) is 9.13. The molecule has 19 heavy (non-hydrogen) atoms. The molecule has 1 aromatic heterocycles. The van der Waals surface area contributed by atoms with E-state index in [1.54, 1.807) is 17.4 Å². The van der Waals surface area contributed by atoms with Gasteiger partial charge in [0.15, 0.2) is 0 Å². The Bertz CT molecular complexity index is 608. The van der Waals surface area contributed by atoms with Gasteiger partial charge >= 0.3 is 0 Å². The predicted molar refractivity (Wildman–Crippen MR) is 79.8 cm³/mol. The Kier molecular flexibility index (Phi) is 3.50. The number of rotatable bonds is 2. The van der Waals surface area contributed by atoms with E-state index in [4.69, 9.17) is 11.6 Å². The Balaban J connectivity index is 1.90. The summed E-state index contributed by atoms with van der Waals surface area (Å²) in [7, 11) is 0. The fourth-order valence-electron chi connectivity index (χ4n) is 2.61. The highest BCUT2D eigenvalue weighted by atomic mass is 35.5. The van der Waals surface area contributed by atoms with Crippen molar-refractivity contribution in [1.82, 2.24) is 0 Å². The van der Waals surface area contributed by atoms with Gasteiger partial charge in [-0.25, -0.2) is 4.39 Å². The first-order valence-corrected chi connectivity index (χ1v) is 7.64. The van der Waals surface area contributed by atoms with Crippen molar-refractivity contribution >= 4 is 28.6 Å². The van der Waals surface area contributed by atoms with Gasteiger partial charge in [-0.3, -0.25) is 0 Å². The Morgan fingerprint density at radius 1 is 1.37 bits per heavy atom. The molecule has 0 saturated heterocycles. The van der Waals surface area contributed by atoms with Crippen LogP contribution in [0.2, 0.25) is 4.34 Å². The summed E-state index contributed by atoms with van der Waals surface area (Å²) in [6, 6.07) is 7.16. The molecule has 1 nitrogen and oxygen atoms in total. The summed E-state index contributed by atoms with van der Waals surface area (Å²) in [5.74, 6) is -0.201. The van der Waals surface area contributed by atoms with Crippen molar-refractivity contribution in [2.24, 2.45) is 0 Å². The van der Waals surface area contributed by atoms with Crippen LogP contribution >= 0.6 is 22.9 Å². The number of benzene rings is 1. The largest absolute Gasteiger partial charge is 0.378 e. The van der Waals surface area contributed by atoms with Gasteiger partial charge in [-0.1, -0.05) is 17.7 Å². The van der Waals surface area contributed by atoms with Crippen LogP contribution in [0.3, 0.4) is 0 Å². The molecule has 1 aliphatic rings. The summed E-state index contributed by atoms with van der Waals surface area (Å²) in [5, 5.41) is 3.47. The fourth-order valence-corrected chi connectivity index (χ4v) is 3.99. The van der Waals surface area contributed by atoms with Crippen molar-refractivity contribution in [3.8, 4) is 0 Å². The molecule has 1 heterocycles. The third kappa shape index (κ3) is 2.63. The van der Waals surface area contributed by atoms with Crippen molar-refractivity contribution in [1.29, 1.82) is 0 Å². The second kappa shape index (κ2) is 5.14. The van der Waals surface area contributed by atoms with Gasteiger partial charge in [0.2, 0.25) is 0 Å². The molecule has 1 aliphatic carbocycles. The summed E-state index contributed by atoms with van der Waals surface area (Å²) in [6.45, 7) is 1.99. The monoisotopic (exact) mass is 295 g/mol. The molecule has 0 aliphatic heterocycles. The van der Waals surface area contributed by atoms with Gasteiger partial charge in [0.1, 0.15) is 5.82 Å². The SMILES string of the molecule is Cc1ccc(F)cc1NC1CCCc2sc(Cl)cc21. The van der Waals surface area contributed by atoms with E-state index in [0.717, 1.165) is 34.8 Å². The molecule has 0 spiro atoms. The summed E-state index contributed by atoms with van der Waals surface area (Å²) in [6.07, 6.45) is 3.32. The average Bonchev–Trinajstić information content (AvgIpc) is 2.75. The van der Waals surface area contributed by atoms with Crippen LogP contribution in [0.25, 0.3) is 0 Å². The number of nitrogens with one attached hydrogen (secondary N) is 1. The average molecular weight is 296 g/mol. The Morgan fingerprint density at radius 3 is 3.05 bits per heavy atom. The number of hydrogen-bond donors (Lipinski definition) is 1. The molecular weight excluding hydrogens is 281 g/mol. The molecule has 1 N–H and O–H groups in total. The van der Waals surface area contributed by atoms with E-state index < -0.39 is 0 Å². The lowest BCUT2D eigenvalue weighted by molar-refractivity contribution is 0.604. The highest BCUT2D eigenvalue weighted by Gasteiger charge is 2.23. The summed E-state index contributed by atoms with van der Waals surface area (Å²) in [4.78, 5) is 1.36. The molecule has 1 unspecified atom stereocenters. The van der Waals surface area contributed by atoms with E-state index in [0.29, 0.717) is 0 Å². The quantitative estimate of drug-likeness (QED) is 0.788. The van der Waals surface area contributed by atoms with Crippen LogP contribution in [0.1, 0.15) is 34.9 Å². The molecule has 3 rings (SSSR count). The Morgan fingerprint density at radius 2 is 2.21 bits per heavy atom. The molecule has 0 fully saturated rings. The minimum Gasteiger partial charge on any atom is -0.378 e. The van der Waals surface area contributed by atoms with E-state index in [2.05, 4.69) is 5.32 Å². The zero-order valence-electron chi connectivity index (χ0n) is 10.7. The van der Waals surface area contributed by atoms with Crippen molar-refractivity contribution in [3.05, 3.63) is 50.4 Å². The number of fused-ring (bicyclic) bond motifs is 1. The van der Waals surface area contributed by atoms with E-state index in [1.807, 2.05) is 19.1 Å². The smallest absolute Gasteiger partial charge is 0.125 e. The van der Waals surface area contributed by atoms with E-state index >= 15 is 0 Å². The van der Waals surface area contributed by atoms with Crippen LogP contribution in [-0.2, 0) is 6.42 Å². The molecule has 4 heteroatoms. The van der Waals surface area contributed by atoms with Crippen LogP contribution in [0, 0.1) is 12.7 Å². The molecule has 0 amide bonds. The van der Waals surface area contributed by atoms with E-state index in [9.17, 15) is 4.39 Å². The van der Waals surface area contributed by atoms with Gasteiger partial charge in [-0.05, 0) is 55.5 Å². The van der Waals surface area contributed by atoms with Crippen molar-refractivity contribution in [2.75, 3.05) is 5.32 Å². The lowest BCUT2D eigenvalue weighted by atomic mass is 9.93. The second-order valence-corrected chi connectivity index (χ2v) is 6.75. The second-order valence-electron chi connectivity index (χ2n) is 4.98. The maximum absolute atomic E-state index is 13.3. The van der Waals surface area contributed by atoms with Gasteiger partial charge in [-0.2, -0.15) is 0 Å². The molecule has 0 saturated carbocycles. The maximum Gasteiger partial charge on any atom is 0.125 e. The summed E-state index contributed by atoms with van der Waals surface area (Å²) < 4.78 is 14.2. The summed E-state index contributed by atoms with van der Waals surface area (Å²) >= 11 is 7.77. The van der Waals surface area contributed by atoms with Crippen molar-refractivity contribution in [2.45, 2.75) is 32.2 Å². The molecule has 0 radical (unpaired) electrons. The van der Waals surface area contributed by atoms with Gasteiger partial charge in [0.05, 0.1) is 10.4 Å². The van der Waals surface area contributed by atoms with E-state index in [1.165, 1.54) is 16.5 Å². The van der Waals surface area contributed by atoms with Crippen LogP contribution in [0.5, 0.6) is 0 Å². The van der Waals surface area contributed by atoms with Crippen LogP contribution in [0.15, 0.2) is 24.3 Å². The minimum atomic E-state index is -0.201. The minimum absolute atomic E-state index is 0.201. The normalized spacial score (nSPS) is 18.2. The van der Waals surface area contributed by atoms with E-state index in [-0.39, 0.29) is 11.9 Å². The van der Waals surface area contributed by atoms with Gasteiger partial charge in [0.25, 0.3) is 0 Å². The number of thiophene rings is 1. The lowest BCUT2D eigenvalue weighted by Crippen LogP contribution is -2.16. The number of aryl methyl sites for hydroxylation is 2. The molecule has 1 aromatic carbocycles. The van der Waals surface area contributed by atoms with Crippen LogP contribution in [-0.4, -0.2) is 0 Å². The lowest BCUT2D eigenvalue weighted by Gasteiger charge is -2.25. The highest BCUT2D eigenvalue weighted by molar-refractivity contribution is 7.16. The topological polar surface area (TPSA) is 12.0 Å². The summed E-state index contributed by atoms with van der Waals surface area (Å²) in [5.41, 5.74) is 3.22. The van der Waals surface area contributed by atoms with Crippen molar-refractivity contribution in [3.63, 3.8) is 0 Å². The number of anilines is 1. The number of hydrogen-bond acceptors (Lipinski definition) is 2. The molecule has 0 bridgehead atoms. The highest BCUT2D eigenvalue weighted by Crippen LogP contribution is 2.39. The first kappa shape index (κ1) is 12.9. The third-order valence-electron chi connectivity index (χ3n) is 3.61. The molecule has 2 aromatic rings. The van der Waals surface area contributed by atoms with Gasteiger partial charge < -0.3 is 5.32 Å². The maximum atomic E-state index is 13.3. The van der Waals surface area contributed by atoms with Gasteiger partial charge in [0, 0.05) is 10.6 Å². The molecule has 1 atom stereocenters. The first-order valence-electron chi connectivity index (χ1n) is 6.44. The van der Waals surface area contributed by atoms with Gasteiger partial charge in [-0.15, -0.1) is 11.3 Å². The predicted octanol–water partition coefficient (Wildman–Crippen LogP) is 5.34. The van der Waals surface area contributed by atoms with Crippen LogP contribution < -0.4 is 5.32 Å². The molecular formula is C15H15ClFNS. The number of halogens is 2. The fraction of sp³-hybridized carbons (Fsp3) is 0.333. The zero-order chi connectivity index (χ0) is 13.4. The third-order valence-corrected chi connectivity index (χ3v) is 4.95. The molecule has 100 valence electrons. The Hall–Kier alpha value is -1.06. The standard InChI is InChI=1S/C15H15ClFNS/c1-9-5-6-10(17)7-13(9)18-12-3-2-4-14-11(12)8-15(16)19-14/h5-8,12,18H,2-4H2,1H3.